The van der Waals surface area contributed by atoms with Gasteiger partial charge in [-0.25, -0.2) is 8.78 Å². The maximum Gasteiger partial charge on any atom is 0.276 e. The third kappa shape index (κ3) is 7.48. The van der Waals surface area contributed by atoms with Gasteiger partial charge in [0.15, 0.2) is 6.29 Å². The number of carbonyl (C=O) groups is 2. The van der Waals surface area contributed by atoms with Crippen LogP contribution in [0.2, 0.25) is 0 Å². The van der Waals surface area contributed by atoms with Crippen LogP contribution in [-0.2, 0) is 55.9 Å². The number of halogens is 2. The zero-order chi connectivity index (χ0) is 28.2. The van der Waals surface area contributed by atoms with Crippen molar-refractivity contribution in [3.05, 3.63) is 63.0 Å². The Morgan fingerprint density at radius 2 is 1.90 bits per heavy atom. The summed E-state index contributed by atoms with van der Waals surface area (Å²) in [4.78, 5) is 31.7. The number of aryl methyl sites for hydroxylation is 1. The summed E-state index contributed by atoms with van der Waals surface area (Å²) in [7, 11) is 4.97. The molecule has 1 fully saturated rings. The van der Waals surface area contributed by atoms with E-state index >= 15 is 8.78 Å². The number of pyridine rings is 1. The smallest absolute Gasteiger partial charge is 0.276 e. The zero-order valence-electron chi connectivity index (χ0n) is 23.9. The maximum absolute atomic E-state index is 15.1. The van der Waals surface area contributed by atoms with Gasteiger partial charge in [-0.05, 0) is 82.8 Å². The molecule has 0 atom stereocenters. The molecule has 0 unspecified atom stereocenters. The van der Waals surface area contributed by atoms with E-state index in [0.717, 1.165) is 42.2 Å². The molecule has 0 radical (unpaired) electrons. The summed E-state index contributed by atoms with van der Waals surface area (Å²) in [5.41, 5.74) is 3.71. The van der Waals surface area contributed by atoms with Crippen molar-refractivity contribution in [3.63, 3.8) is 0 Å². The molecule has 2 aromatic rings. The van der Waals surface area contributed by atoms with E-state index in [9.17, 15) is 9.59 Å². The Morgan fingerprint density at radius 1 is 1.26 bits per heavy atom. The molecule has 210 valence electrons. The van der Waals surface area contributed by atoms with E-state index in [-0.39, 0.29) is 49.1 Å². The topological polar surface area (TPSA) is 71.5 Å². The number of nitrogens with zero attached hydrogens (tertiary/aromatic N) is 2. The molecule has 0 spiro atoms. The van der Waals surface area contributed by atoms with E-state index in [1.54, 1.807) is 7.11 Å². The molecule has 1 heterocycles. The van der Waals surface area contributed by atoms with Gasteiger partial charge in [-0.15, -0.1) is 5.57 Å². The molecule has 1 aliphatic rings. The van der Waals surface area contributed by atoms with Gasteiger partial charge < -0.3 is 14.8 Å². The molecule has 0 aliphatic heterocycles. The summed E-state index contributed by atoms with van der Waals surface area (Å²) in [6.07, 6.45) is 7.08. The van der Waals surface area contributed by atoms with Crippen LogP contribution in [0.25, 0.3) is 5.57 Å². The fourth-order valence-corrected chi connectivity index (χ4v) is 5.09. The number of ether oxygens (including phenoxy) is 1. The van der Waals surface area contributed by atoms with Crippen LogP contribution < -0.4 is 10.1 Å². The second kappa shape index (κ2) is 13.9. The summed E-state index contributed by atoms with van der Waals surface area (Å²) in [5.74, 6) is -3.11. The van der Waals surface area contributed by atoms with Crippen molar-refractivity contribution in [1.29, 1.82) is 0 Å². The summed E-state index contributed by atoms with van der Waals surface area (Å²) < 4.78 is 35.7. The van der Waals surface area contributed by atoms with Gasteiger partial charge in [-0.3, -0.25) is 14.7 Å². The van der Waals surface area contributed by atoms with Gasteiger partial charge in [-0.2, -0.15) is 6.08 Å². The Balaban J connectivity index is 0.00000533. The van der Waals surface area contributed by atoms with Crippen molar-refractivity contribution in [1.82, 2.24) is 15.2 Å². The van der Waals surface area contributed by atoms with Crippen molar-refractivity contribution in [2.75, 3.05) is 21.2 Å². The number of methoxy groups -OCH3 is 1. The minimum Gasteiger partial charge on any atom is -0.496 e. The number of hydrogen-bond donors (Lipinski definition) is 1. The van der Waals surface area contributed by atoms with Crippen molar-refractivity contribution in [2.24, 2.45) is 0 Å². The molecule has 39 heavy (non-hydrogen) atoms. The van der Waals surface area contributed by atoms with Crippen molar-refractivity contribution in [2.45, 2.75) is 78.3 Å². The van der Waals surface area contributed by atoms with Gasteiger partial charge in [0, 0.05) is 50.9 Å². The maximum atomic E-state index is 15.1. The van der Waals surface area contributed by atoms with E-state index in [0.29, 0.717) is 42.8 Å². The average molecular weight is 705 g/mol. The zero-order valence-corrected chi connectivity index (χ0v) is 27.5. The Hall–Kier alpha value is -2.26. The van der Waals surface area contributed by atoms with Gasteiger partial charge in [0.1, 0.15) is 11.7 Å². The van der Waals surface area contributed by atoms with Gasteiger partial charge in [0.05, 0.1) is 18.5 Å². The molecule has 9 heteroatoms. The number of aromatic nitrogens is 1. The fourth-order valence-electron chi connectivity index (χ4n) is 5.09. The second-order valence-electron chi connectivity index (χ2n) is 10.1. The van der Waals surface area contributed by atoms with Crippen molar-refractivity contribution >= 4 is 17.8 Å². The van der Waals surface area contributed by atoms with Gasteiger partial charge in [0.2, 0.25) is 0 Å². The first-order valence-corrected chi connectivity index (χ1v) is 13.0. The van der Waals surface area contributed by atoms with Crippen LogP contribution in [0.1, 0.15) is 82.7 Å². The van der Waals surface area contributed by atoms with Crippen LogP contribution in [0.5, 0.6) is 5.75 Å². The molecule has 3 rings (SSSR count). The average Bonchev–Trinajstić information content (AvgIpc) is 3.72. The normalized spacial score (nSPS) is 13.7. The van der Waals surface area contributed by atoms with E-state index < -0.39 is 17.5 Å². The first-order valence-electron chi connectivity index (χ1n) is 13.0. The third-order valence-corrected chi connectivity index (χ3v) is 7.33. The molecular weight excluding hydrogens is 667 g/mol. The van der Waals surface area contributed by atoms with Crippen molar-refractivity contribution < 1.29 is 49.0 Å². The largest absolute Gasteiger partial charge is 0.496 e. The second-order valence-corrected chi connectivity index (χ2v) is 10.1. The monoisotopic (exact) mass is 706 g/mol. The quantitative estimate of drug-likeness (QED) is 0.140. The Morgan fingerprint density at radius 3 is 2.41 bits per heavy atom. The fraction of sp³-hybridized carbons (Fsp3) is 0.500. The standard InChI is InChI=1S/C30H38F2N3O3.Hf/c1-8-21(29(37)33-5)27-23(11-9-10-22-18(2)12-15-26(38-7)19(22)3)24(17-36)25(16-35(6)20-13-14-20)34-28(27)30(4,31)32;/h12,15,17,20H,9-11,13-14,16H2,1-7H3,(H,33,37);/q-1;. The first-order chi connectivity index (χ1) is 18.0. The summed E-state index contributed by atoms with van der Waals surface area (Å²) in [6.45, 7) is 6.58. The number of allylic oxidation sites excluding steroid dienone is 1. The van der Waals surface area contributed by atoms with E-state index in [1.165, 1.54) is 14.0 Å². The number of amides is 1. The van der Waals surface area contributed by atoms with E-state index in [4.69, 9.17) is 4.74 Å². The molecule has 1 amide bonds. The number of benzene rings is 1. The molecule has 0 bridgehead atoms. The predicted octanol–water partition coefficient (Wildman–Crippen LogP) is 5.35. The Kier molecular flexibility index (Phi) is 11.7. The summed E-state index contributed by atoms with van der Waals surface area (Å²) in [5, 5.41) is 2.52. The van der Waals surface area contributed by atoms with Gasteiger partial charge >= 0.3 is 0 Å². The Labute approximate surface area is 249 Å². The minimum absolute atomic E-state index is 0. The molecule has 0 saturated heterocycles. The Bertz CT molecular complexity index is 1240. The number of carbonyl (C=O) groups excluding carboxylic acids is 2. The van der Waals surface area contributed by atoms with Crippen LogP contribution in [0, 0.1) is 19.9 Å². The molecule has 6 nitrogen and oxygen atoms in total. The molecule has 1 saturated carbocycles. The van der Waals surface area contributed by atoms with Crippen LogP contribution in [0.3, 0.4) is 0 Å². The number of hydrogen-bond acceptors (Lipinski definition) is 5. The minimum atomic E-state index is -3.34. The first kappa shape index (κ1) is 32.9. The molecule has 1 N–H and O–H groups in total. The SMILES string of the molecule is C[C-]=C(C(=O)NC)c1c(C(C)(F)F)nc(CN(C)C2CC2)c(C=O)c1CCCc1c(C)ccc(OC)c1C.[Hf]. The van der Waals surface area contributed by atoms with E-state index in [1.807, 2.05) is 37.9 Å². The third-order valence-electron chi connectivity index (χ3n) is 7.33. The van der Waals surface area contributed by atoms with E-state index in [2.05, 4.69) is 16.4 Å². The van der Waals surface area contributed by atoms with Crippen LogP contribution in [0.15, 0.2) is 12.1 Å². The number of aldehydes is 1. The number of alkyl halides is 2. The molecule has 1 aliphatic carbocycles. The molecule has 1 aromatic heterocycles. The van der Waals surface area contributed by atoms with Crippen LogP contribution in [0.4, 0.5) is 8.78 Å². The summed E-state index contributed by atoms with van der Waals surface area (Å²) in [6, 6.07) is 4.28. The number of rotatable bonds is 12. The van der Waals surface area contributed by atoms with Gasteiger partial charge in [0.25, 0.3) is 5.92 Å². The predicted molar refractivity (Wildman–Crippen MR) is 145 cm³/mol. The van der Waals surface area contributed by atoms with Crippen molar-refractivity contribution in [3.8, 4) is 5.75 Å². The van der Waals surface area contributed by atoms with Gasteiger partial charge in [-0.1, -0.05) is 24.1 Å². The number of nitrogens with one attached hydrogen (secondary N) is 1. The van der Waals surface area contributed by atoms with Crippen LogP contribution >= 0.6 is 0 Å². The summed E-state index contributed by atoms with van der Waals surface area (Å²) >= 11 is 0. The molecule has 1 aromatic carbocycles. The number of likely N-dealkylation sites (N-methyl/N-ethyl adjacent to an activating group) is 1. The molecular formula is C30H38F2HfN3O3-. The van der Waals surface area contributed by atoms with Crippen LogP contribution in [-0.4, -0.2) is 49.3 Å².